The third-order valence-electron chi connectivity index (χ3n) is 2.96. The summed E-state index contributed by atoms with van der Waals surface area (Å²) < 4.78 is 47.4. The molecule has 5 nitrogen and oxygen atoms in total. The maximum atomic E-state index is 12.4. The number of halogens is 3. The molecule has 1 aromatic carbocycles. The Morgan fingerprint density at radius 2 is 1.96 bits per heavy atom. The fraction of sp³-hybridized carbons (Fsp3) is 0.267. The van der Waals surface area contributed by atoms with Crippen LogP contribution in [0.1, 0.15) is 17.4 Å². The van der Waals surface area contributed by atoms with Gasteiger partial charge in [0.05, 0.1) is 18.4 Å². The minimum atomic E-state index is -4.42. The van der Waals surface area contributed by atoms with Crippen molar-refractivity contribution in [2.45, 2.75) is 12.2 Å². The van der Waals surface area contributed by atoms with E-state index in [0.29, 0.717) is 5.76 Å². The van der Waals surface area contributed by atoms with Gasteiger partial charge in [-0.15, -0.1) is 0 Å². The Hall–Kier alpha value is -2.48. The van der Waals surface area contributed by atoms with Gasteiger partial charge in [0.15, 0.2) is 6.61 Å². The van der Waals surface area contributed by atoms with Crippen LogP contribution in [0.25, 0.3) is 0 Å². The molecule has 2 aromatic rings. The van der Waals surface area contributed by atoms with Crippen LogP contribution in [0.5, 0.6) is 5.75 Å². The number of nitrogens with one attached hydrogen (secondary N) is 1. The third-order valence-corrected chi connectivity index (χ3v) is 2.96. The van der Waals surface area contributed by atoms with E-state index in [1.54, 1.807) is 12.1 Å². The molecule has 0 fully saturated rings. The van der Waals surface area contributed by atoms with E-state index in [2.05, 4.69) is 5.32 Å². The number of hydrogen-bond acceptors (Lipinski definition) is 4. The van der Waals surface area contributed by atoms with Gasteiger partial charge in [-0.25, -0.2) is 0 Å². The lowest BCUT2D eigenvalue weighted by molar-refractivity contribution is -0.137. The van der Waals surface area contributed by atoms with Crippen molar-refractivity contribution in [3.05, 3.63) is 54.0 Å². The molecule has 8 heteroatoms. The molecule has 0 radical (unpaired) electrons. The van der Waals surface area contributed by atoms with Crippen LogP contribution < -0.4 is 10.1 Å². The maximum absolute atomic E-state index is 12.4. The molecule has 1 heterocycles. The molecule has 1 atom stereocenters. The lowest BCUT2D eigenvalue weighted by Crippen LogP contribution is -2.34. The van der Waals surface area contributed by atoms with E-state index >= 15 is 0 Å². The van der Waals surface area contributed by atoms with Gasteiger partial charge in [-0.3, -0.25) is 4.79 Å². The first-order chi connectivity index (χ1) is 10.9. The van der Waals surface area contributed by atoms with E-state index < -0.39 is 30.3 Å². The highest BCUT2D eigenvalue weighted by Crippen LogP contribution is 2.30. The van der Waals surface area contributed by atoms with Gasteiger partial charge >= 0.3 is 6.18 Å². The van der Waals surface area contributed by atoms with E-state index in [-0.39, 0.29) is 12.4 Å². The predicted octanol–water partition coefficient (Wildman–Crippen LogP) is 2.53. The number of aliphatic hydroxyl groups excluding tert-OH is 1. The van der Waals surface area contributed by atoms with E-state index in [1.165, 1.54) is 6.26 Å². The third kappa shape index (κ3) is 4.75. The fourth-order valence-corrected chi connectivity index (χ4v) is 1.82. The van der Waals surface area contributed by atoms with Crippen molar-refractivity contribution in [3.8, 4) is 5.75 Å². The molecule has 2 N–H and O–H groups in total. The van der Waals surface area contributed by atoms with Gasteiger partial charge in [0.1, 0.15) is 17.6 Å². The molecule has 1 amide bonds. The Kier molecular flexibility index (Phi) is 5.28. The summed E-state index contributed by atoms with van der Waals surface area (Å²) in [6, 6.07) is 6.49. The molecule has 1 unspecified atom stereocenters. The van der Waals surface area contributed by atoms with Crippen LogP contribution in [0.15, 0.2) is 47.1 Å². The van der Waals surface area contributed by atoms with Crippen LogP contribution in [0, 0.1) is 0 Å². The number of rotatable bonds is 6. The molecule has 0 aliphatic heterocycles. The molecule has 23 heavy (non-hydrogen) atoms. The number of benzene rings is 1. The summed E-state index contributed by atoms with van der Waals surface area (Å²) in [5.41, 5.74) is -0.799. The second-order valence-electron chi connectivity index (χ2n) is 4.63. The minimum absolute atomic E-state index is 0.131. The predicted molar refractivity (Wildman–Crippen MR) is 73.6 cm³/mol. The lowest BCUT2D eigenvalue weighted by atomic mass is 10.2. The highest BCUT2D eigenvalue weighted by molar-refractivity contribution is 5.78. The zero-order chi connectivity index (χ0) is 16.9. The maximum Gasteiger partial charge on any atom is 0.416 e. The first-order valence-corrected chi connectivity index (χ1v) is 6.64. The molecular formula is C15H14F3NO4. The van der Waals surface area contributed by atoms with E-state index in [9.17, 15) is 23.1 Å². The van der Waals surface area contributed by atoms with E-state index in [0.717, 1.165) is 24.3 Å². The Morgan fingerprint density at radius 1 is 1.26 bits per heavy atom. The van der Waals surface area contributed by atoms with E-state index in [1.807, 2.05) is 0 Å². The van der Waals surface area contributed by atoms with Crippen molar-refractivity contribution < 1.29 is 32.2 Å². The summed E-state index contributed by atoms with van der Waals surface area (Å²) in [7, 11) is 0. The van der Waals surface area contributed by atoms with Gasteiger partial charge in [-0.1, -0.05) is 0 Å². The first-order valence-electron chi connectivity index (χ1n) is 6.64. The average Bonchev–Trinajstić information content (AvgIpc) is 3.04. The molecule has 124 valence electrons. The summed E-state index contributed by atoms with van der Waals surface area (Å²) in [4.78, 5) is 11.7. The van der Waals surface area contributed by atoms with Gasteiger partial charge < -0.3 is 19.6 Å². The highest BCUT2D eigenvalue weighted by Gasteiger charge is 2.30. The Morgan fingerprint density at radius 3 is 2.48 bits per heavy atom. The van der Waals surface area contributed by atoms with Crippen LogP contribution in [0.2, 0.25) is 0 Å². The van der Waals surface area contributed by atoms with Crippen LogP contribution in [-0.2, 0) is 11.0 Å². The number of alkyl halides is 3. The minimum Gasteiger partial charge on any atom is -0.484 e. The topological polar surface area (TPSA) is 71.7 Å². The fourth-order valence-electron chi connectivity index (χ4n) is 1.82. The second-order valence-corrected chi connectivity index (χ2v) is 4.63. The van der Waals surface area contributed by atoms with Crippen LogP contribution >= 0.6 is 0 Å². The number of aliphatic hydroxyl groups is 1. The quantitative estimate of drug-likeness (QED) is 0.854. The standard InChI is InChI=1S/C15H14F3NO4/c16-15(17,18)10-3-5-11(6-4-10)23-9-14(21)19-12(8-20)13-2-1-7-22-13/h1-7,12,20H,8-9H2,(H,19,21). The summed E-state index contributed by atoms with van der Waals surface area (Å²) in [5.74, 6) is -0.0255. The molecule has 2 rings (SSSR count). The van der Waals surface area contributed by atoms with Gasteiger partial charge in [0.25, 0.3) is 5.91 Å². The number of furan rings is 1. The number of hydrogen-bond donors (Lipinski definition) is 2. The molecule has 0 saturated carbocycles. The van der Waals surface area contributed by atoms with E-state index in [4.69, 9.17) is 9.15 Å². The number of ether oxygens (including phenoxy) is 1. The Bertz CT molecular complexity index is 623. The summed E-state index contributed by atoms with van der Waals surface area (Å²) >= 11 is 0. The molecular weight excluding hydrogens is 315 g/mol. The zero-order valence-electron chi connectivity index (χ0n) is 11.8. The number of amides is 1. The molecule has 0 spiro atoms. The summed E-state index contributed by atoms with van der Waals surface area (Å²) in [6.45, 7) is -0.762. The Labute approximate surface area is 129 Å². The van der Waals surface area contributed by atoms with Crippen LogP contribution in [0.4, 0.5) is 13.2 Å². The molecule has 1 aromatic heterocycles. The molecule has 0 bridgehead atoms. The first kappa shape index (κ1) is 16.9. The van der Waals surface area contributed by atoms with Crippen LogP contribution in [0.3, 0.4) is 0 Å². The molecule has 0 saturated heterocycles. The van der Waals surface area contributed by atoms with Crippen molar-refractivity contribution in [1.29, 1.82) is 0 Å². The average molecular weight is 329 g/mol. The van der Waals surface area contributed by atoms with Crippen molar-refractivity contribution in [1.82, 2.24) is 5.32 Å². The molecule has 0 aliphatic carbocycles. The summed E-state index contributed by atoms with van der Waals surface area (Å²) in [5, 5.41) is 11.7. The van der Waals surface area contributed by atoms with Gasteiger partial charge in [0, 0.05) is 0 Å². The van der Waals surface area contributed by atoms with Crippen molar-refractivity contribution >= 4 is 5.91 Å². The number of carbonyl (C=O) groups excluding carboxylic acids is 1. The second kappa shape index (κ2) is 7.19. The smallest absolute Gasteiger partial charge is 0.416 e. The SMILES string of the molecule is O=C(COc1ccc(C(F)(F)F)cc1)NC(CO)c1ccco1. The summed E-state index contributed by atoms with van der Waals surface area (Å²) in [6.07, 6.45) is -3.02. The highest BCUT2D eigenvalue weighted by atomic mass is 19.4. The van der Waals surface area contributed by atoms with Gasteiger partial charge in [-0.2, -0.15) is 13.2 Å². The Balaban J connectivity index is 1.86. The number of carbonyl (C=O) groups is 1. The van der Waals surface area contributed by atoms with Crippen molar-refractivity contribution in [2.24, 2.45) is 0 Å². The zero-order valence-corrected chi connectivity index (χ0v) is 11.8. The lowest BCUT2D eigenvalue weighted by Gasteiger charge is -2.14. The largest absolute Gasteiger partial charge is 0.484 e. The van der Waals surface area contributed by atoms with Gasteiger partial charge in [-0.05, 0) is 36.4 Å². The van der Waals surface area contributed by atoms with Crippen LogP contribution in [-0.4, -0.2) is 24.2 Å². The van der Waals surface area contributed by atoms with Gasteiger partial charge in [0.2, 0.25) is 0 Å². The van der Waals surface area contributed by atoms with Crippen molar-refractivity contribution in [3.63, 3.8) is 0 Å². The van der Waals surface area contributed by atoms with Crippen molar-refractivity contribution in [2.75, 3.05) is 13.2 Å². The monoisotopic (exact) mass is 329 g/mol. The normalized spacial score (nSPS) is 12.7. The molecule has 0 aliphatic rings.